The highest BCUT2D eigenvalue weighted by Crippen LogP contribution is 2.23. The number of rotatable bonds is 47. The van der Waals surface area contributed by atoms with Crippen molar-refractivity contribution in [2.75, 3.05) is 6.54 Å². The number of primary amides is 1. The predicted molar refractivity (Wildman–Crippen MR) is 357 cm³/mol. The summed E-state index contributed by atoms with van der Waals surface area (Å²) in [5, 5.41) is 79.1. The van der Waals surface area contributed by atoms with Crippen molar-refractivity contribution in [1.29, 1.82) is 0 Å². The molecule has 0 radical (unpaired) electrons. The van der Waals surface area contributed by atoms with Gasteiger partial charge in [0.2, 0.25) is 65.0 Å². The first-order valence-electron chi connectivity index (χ1n) is 32.9. The van der Waals surface area contributed by atoms with Crippen LogP contribution >= 0.6 is 0 Å². The van der Waals surface area contributed by atoms with Crippen molar-refractivity contribution < 1.29 is 129 Å². The number of likely N-dealkylation sites (tertiary alicyclic amines) is 1. The Morgan fingerprint density at radius 3 is 1.30 bits per heavy atom. The number of aliphatic carboxylic acids is 6. The monoisotopic (exact) mass is 1490 g/mol. The van der Waals surface area contributed by atoms with Crippen molar-refractivity contribution in [3.05, 3.63) is 65.7 Å². The van der Waals surface area contributed by atoms with Crippen LogP contribution in [0, 0.1) is 11.8 Å². The van der Waals surface area contributed by atoms with E-state index in [0.29, 0.717) is 5.56 Å². The molecule has 0 aliphatic carbocycles. The van der Waals surface area contributed by atoms with Gasteiger partial charge in [-0.25, -0.2) is 4.79 Å². The molecule has 2 aromatic rings. The topological polar surface area (TPSA) is 639 Å². The van der Waals surface area contributed by atoms with E-state index in [4.69, 9.17) is 11.5 Å². The molecular formula is C64H90N12O27S. The molecule has 1 fully saturated rings. The number of carbonyl (C=O) groups excluding carboxylic acids is 11. The van der Waals surface area contributed by atoms with Crippen molar-refractivity contribution in [2.24, 2.45) is 23.3 Å². The van der Waals surface area contributed by atoms with Gasteiger partial charge >= 0.3 is 46.2 Å². The standard InChI is InChI=1S/C64H90N12O27S/c1-5-33(4)53(75-58(92)41(21-26-51(84)85)68-55(89)38(18-23-48(78)79)69-60(94)44(29-34-10-7-6-8-11-34)72-54(88)37(65)31-52(86)87)63(97)76-27-9-12-46(76)62(96)70-40(20-25-50(82)83)56(90)67-39(19-24-49(80)81)57(91)74-45(30-35-13-15-36(16-14-35)103-104(100,101)102)61(95)73-43(28-32(2)3)59(93)71-42(64(98)99)17-22-47(66)77/h6-8,10-11,13-16,32-33,37-46,53H,5,9,12,17-31,65H2,1-4H3,(H2,66,77)(H,67,90)(H,68,89)(H,69,94)(H,70,96)(H,71,93)(H,72,88)(H,73,95)(H,74,91)(H,75,92)(H,78,79)(H,80,81)(H,82,83)(H,84,85)(H,86,87)(H,98,99)(H,100,101,102)/t33-,37-,38-,39-,40-,41-,42-,43-,44+,45-,46-,53-/m0/s1. The van der Waals surface area contributed by atoms with Gasteiger partial charge in [0.1, 0.15) is 66.2 Å². The van der Waals surface area contributed by atoms with Gasteiger partial charge in [0.25, 0.3) is 0 Å². The molecule has 104 heavy (non-hydrogen) atoms. The average Bonchev–Trinajstić information content (AvgIpc) is 1.36. The first kappa shape index (κ1) is 87.3. The van der Waals surface area contributed by atoms with Crippen LogP contribution in [0.3, 0.4) is 0 Å². The van der Waals surface area contributed by atoms with Crippen molar-refractivity contribution in [3.8, 4) is 5.75 Å². The van der Waals surface area contributed by atoms with E-state index in [1.807, 2.05) is 0 Å². The lowest BCUT2D eigenvalue weighted by Gasteiger charge is -2.33. The second-order valence-electron chi connectivity index (χ2n) is 25.0. The molecule has 3 rings (SSSR count). The maximum Gasteiger partial charge on any atom is 0.446 e. The molecule has 0 aromatic heterocycles. The first-order chi connectivity index (χ1) is 48.7. The Kier molecular flexibility index (Phi) is 35.7. The number of carboxylic acid groups (broad SMARTS) is 6. The van der Waals surface area contributed by atoms with Gasteiger partial charge in [0.05, 0.1) is 12.5 Å². The quantitative estimate of drug-likeness (QED) is 0.0289. The molecule has 20 N–H and O–H groups in total. The lowest BCUT2D eigenvalue weighted by atomic mass is 9.96. The Labute approximate surface area is 595 Å². The minimum Gasteiger partial charge on any atom is -0.481 e. The number of hydrogen-bond donors (Lipinski definition) is 18. The number of nitrogens with two attached hydrogens (primary N) is 2. The molecule has 1 aliphatic rings. The predicted octanol–water partition coefficient (Wildman–Crippen LogP) is -3.29. The lowest BCUT2D eigenvalue weighted by Crippen LogP contribution is -2.61. The van der Waals surface area contributed by atoms with Crippen LogP contribution in [0.15, 0.2) is 54.6 Å². The average molecular weight is 1490 g/mol. The van der Waals surface area contributed by atoms with Gasteiger partial charge in [-0.2, -0.15) is 8.42 Å². The maximum atomic E-state index is 14.8. The summed E-state index contributed by atoms with van der Waals surface area (Å²) in [7, 11) is -5.03. The largest absolute Gasteiger partial charge is 0.481 e. The smallest absolute Gasteiger partial charge is 0.446 e. The molecule has 12 atom stereocenters. The number of nitrogens with one attached hydrogen (secondary N) is 9. The summed E-state index contributed by atoms with van der Waals surface area (Å²) in [4.78, 5) is 226. The van der Waals surface area contributed by atoms with Crippen molar-refractivity contribution in [2.45, 2.75) is 203 Å². The van der Waals surface area contributed by atoms with E-state index in [2.05, 4.69) is 52.0 Å². The van der Waals surface area contributed by atoms with E-state index in [9.17, 15) is 125 Å². The summed E-state index contributed by atoms with van der Waals surface area (Å²) >= 11 is 0. The van der Waals surface area contributed by atoms with Gasteiger partial charge < -0.3 is 99.0 Å². The Morgan fingerprint density at radius 2 is 0.885 bits per heavy atom. The third-order valence-electron chi connectivity index (χ3n) is 16.2. The van der Waals surface area contributed by atoms with E-state index in [1.165, 1.54) is 19.1 Å². The fourth-order valence-corrected chi connectivity index (χ4v) is 10.9. The van der Waals surface area contributed by atoms with Crippen molar-refractivity contribution in [1.82, 2.24) is 52.8 Å². The van der Waals surface area contributed by atoms with E-state index >= 15 is 0 Å². The fraction of sp³-hybridized carbons (Fsp3) is 0.547. The normalized spacial score (nSPS) is 15.8. The van der Waals surface area contributed by atoms with Crippen LogP contribution in [-0.4, -0.2) is 222 Å². The zero-order valence-corrected chi connectivity index (χ0v) is 58.1. The number of nitrogens with zero attached hydrogens (tertiary/aromatic N) is 1. The number of amides is 11. The summed E-state index contributed by atoms with van der Waals surface area (Å²) in [5.74, 6) is -23.0. The molecule has 0 unspecified atom stereocenters. The van der Waals surface area contributed by atoms with Gasteiger partial charge in [-0.05, 0) is 86.5 Å². The fourth-order valence-electron chi connectivity index (χ4n) is 10.6. The minimum atomic E-state index is -5.03. The van der Waals surface area contributed by atoms with Crippen molar-refractivity contribution >= 4 is 111 Å². The molecule has 0 spiro atoms. The van der Waals surface area contributed by atoms with Crippen LogP contribution in [-0.2, 0) is 105 Å². The third-order valence-corrected chi connectivity index (χ3v) is 16.6. The Balaban J connectivity index is 2.01. The second-order valence-corrected chi connectivity index (χ2v) is 26.0. The molecule has 1 aliphatic heterocycles. The Morgan fingerprint density at radius 1 is 0.500 bits per heavy atom. The summed E-state index contributed by atoms with van der Waals surface area (Å²) in [5.41, 5.74) is 11.5. The highest BCUT2D eigenvalue weighted by Gasteiger charge is 2.43. The van der Waals surface area contributed by atoms with E-state index < -0.39 is 272 Å². The zero-order valence-electron chi connectivity index (χ0n) is 57.2. The SMILES string of the molecule is CC[C@H](C)[C@H](NC(=O)[C@H](CCC(=O)O)NC(=O)[C@H](CCC(=O)O)NC(=O)[C@@H](Cc1ccccc1)NC(=O)[C@@H](N)CC(=O)O)C(=O)N1CCC[C@H]1C(=O)N[C@@H](CCC(=O)O)C(=O)N[C@@H](CCC(=O)O)C(=O)N[C@@H](Cc1ccc(OS(=O)(=O)O)cc1)C(=O)N[C@@H](CC(C)C)C(=O)N[C@@H](CCC(N)=O)C(=O)O. The van der Waals surface area contributed by atoms with Crippen LogP contribution in [0.1, 0.15) is 135 Å². The minimum absolute atomic E-state index is 0.0973. The van der Waals surface area contributed by atoms with Crippen LogP contribution in [0.25, 0.3) is 0 Å². The molecule has 574 valence electrons. The molecule has 39 nitrogen and oxygen atoms in total. The Hall–Kier alpha value is -10.9. The summed E-state index contributed by atoms with van der Waals surface area (Å²) < 4.78 is 36.5. The van der Waals surface area contributed by atoms with Gasteiger partial charge in [-0.1, -0.05) is 76.6 Å². The molecule has 11 amide bonds. The second kappa shape index (κ2) is 42.5. The maximum absolute atomic E-state index is 14.8. The van der Waals surface area contributed by atoms with Crippen molar-refractivity contribution in [3.63, 3.8) is 0 Å². The summed E-state index contributed by atoms with van der Waals surface area (Å²) in [6.07, 6.45) is -8.78. The van der Waals surface area contributed by atoms with E-state index in [0.717, 1.165) is 17.0 Å². The highest BCUT2D eigenvalue weighted by atomic mass is 32.3. The van der Waals surface area contributed by atoms with Crippen LogP contribution in [0.5, 0.6) is 5.75 Å². The number of benzene rings is 2. The number of hydrogen-bond acceptors (Lipinski definition) is 21. The number of carbonyl (C=O) groups is 17. The van der Waals surface area contributed by atoms with Gasteiger partial charge in [0, 0.05) is 51.5 Å². The summed E-state index contributed by atoms with van der Waals surface area (Å²) in [6, 6.07) is -6.52. The lowest BCUT2D eigenvalue weighted by molar-refractivity contribution is -0.144. The summed E-state index contributed by atoms with van der Waals surface area (Å²) in [6.45, 7) is 6.19. The molecule has 1 heterocycles. The molecular weight excluding hydrogens is 1400 g/mol. The zero-order chi connectivity index (χ0) is 78.3. The van der Waals surface area contributed by atoms with Crippen LogP contribution in [0.2, 0.25) is 0 Å². The van der Waals surface area contributed by atoms with Gasteiger partial charge in [0.15, 0.2) is 0 Å². The molecule has 1 saturated heterocycles. The van der Waals surface area contributed by atoms with E-state index in [-0.39, 0.29) is 44.2 Å². The van der Waals surface area contributed by atoms with Gasteiger partial charge in [-0.15, -0.1) is 0 Å². The molecule has 40 heteroatoms. The first-order valence-corrected chi connectivity index (χ1v) is 34.2. The molecule has 0 saturated carbocycles. The molecule has 0 bridgehead atoms. The highest BCUT2D eigenvalue weighted by molar-refractivity contribution is 7.81. The Bertz CT molecular complexity index is 3550. The van der Waals surface area contributed by atoms with Crippen LogP contribution in [0.4, 0.5) is 0 Å². The molecule has 2 aromatic carbocycles. The van der Waals surface area contributed by atoms with Crippen LogP contribution < -0.4 is 63.5 Å². The number of carboxylic acids is 6. The van der Waals surface area contributed by atoms with Gasteiger partial charge in [-0.3, -0.25) is 81.3 Å². The van der Waals surface area contributed by atoms with E-state index in [1.54, 1.807) is 51.1 Å². The third kappa shape index (κ3) is 31.6.